The molecule has 0 bridgehead atoms. The molecule has 21 heavy (non-hydrogen) atoms. The van der Waals surface area contributed by atoms with E-state index in [1.54, 1.807) is 30.9 Å². The van der Waals surface area contributed by atoms with Crippen molar-refractivity contribution in [3.8, 4) is 0 Å². The van der Waals surface area contributed by atoms with Gasteiger partial charge in [0.25, 0.3) is 5.91 Å². The molecule has 1 aliphatic heterocycles. The third-order valence-electron chi connectivity index (χ3n) is 4.30. The van der Waals surface area contributed by atoms with E-state index in [1.807, 2.05) is 0 Å². The fourth-order valence-electron chi connectivity index (χ4n) is 2.92. The summed E-state index contributed by atoms with van der Waals surface area (Å²) in [7, 11) is 0. The van der Waals surface area contributed by atoms with Crippen molar-refractivity contribution in [1.29, 1.82) is 0 Å². The van der Waals surface area contributed by atoms with Crippen LogP contribution in [-0.4, -0.2) is 35.1 Å². The zero-order valence-corrected chi connectivity index (χ0v) is 12.1. The Kier molecular flexibility index (Phi) is 3.45. The largest absolute Gasteiger partial charge is 0.448 e. The predicted octanol–water partition coefficient (Wildman–Crippen LogP) is 2.72. The van der Waals surface area contributed by atoms with Gasteiger partial charge in [-0.2, -0.15) is 0 Å². The maximum atomic E-state index is 13.7. The number of carbonyl (C=O) groups excluding carboxylic acids is 1. The van der Waals surface area contributed by atoms with Crippen LogP contribution in [0.2, 0.25) is 0 Å². The van der Waals surface area contributed by atoms with Gasteiger partial charge in [-0.25, -0.2) is 4.39 Å². The van der Waals surface area contributed by atoms with Gasteiger partial charge in [0.1, 0.15) is 0 Å². The molecular weight excluding hydrogens is 273 g/mol. The summed E-state index contributed by atoms with van der Waals surface area (Å²) >= 11 is 0. The van der Waals surface area contributed by atoms with Crippen LogP contribution in [0.1, 0.15) is 29.5 Å². The molecule has 1 aromatic carbocycles. The highest BCUT2D eigenvalue weighted by Crippen LogP contribution is 2.29. The SMILES string of the molecule is Cc1c(C(=O)N2CCC(C(C)O)C2)oc2c(F)cccc12. The van der Waals surface area contributed by atoms with Crippen molar-refractivity contribution < 1.29 is 18.7 Å². The van der Waals surface area contributed by atoms with Crippen molar-refractivity contribution in [2.24, 2.45) is 5.92 Å². The van der Waals surface area contributed by atoms with Crippen LogP contribution >= 0.6 is 0 Å². The fourth-order valence-corrected chi connectivity index (χ4v) is 2.92. The molecule has 2 atom stereocenters. The van der Waals surface area contributed by atoms with Crippen molar-refractivity contribution in [1.82, 2.24) is 4.90 Å². The first kappa shape index (κ1) is 14.1. The van der Waals surface area contributed by atoms with Gasteiger partial charge in [-0.05, 0) is 26.3 Å². The molecule has 2 aromatic rings. The number of hydrogen-bond acceptors (Lipinski definition) is 3. The van der Waals surface area contributed by atoms with Gasteiger partial charge in [-0.1, -0.05) is 12.1 Å². The van der Waals surface area contributed by atoms with Gasteiger partial charge < -0.3 is 14.4 Å². The molecule has 1 amide bonds. The van der Waals surface area contributed by atoms with Crippen LogP contribution in [0, 0.1) is 18.7 Å². The number of furan rings is 1. The van der Waals surface area contributed by atoms with Crippen molar-refractivity contribution in [3.63, 3.8) is 0 Å². The van der Waals surface area contributed by atoms with Crippen LogP contribution in [0.5, 0.6) is 0 Å². The van der Waals surface area contributed by atoms with E-state index in [0.29, 0.717) is 24.0 Å². The molecule has 0 spiro atoms. The number of hydrogen-bond donors (Lipinski definition) is 1. The molecule has 2 heterocycles. The number of nitrogens with zero attached hydrogens (tertiary/aromatic N) is 1. The second-order valence-corrected chi connectivity index (χ2v) is 5.71. The van der Waals surface area contributed by atoms with Gasteiger partial charge >= 0.3 is 0 Å². The quantitative estimate of drug-likeness (QED) is 0.925. The minimum absolute atomic E-state index is 0.0929. The third kappa shape index (κ3) is 2.31. The number of para-hydroxylation sites is 1. The van der Waals surface area contributed by atoms with Gasteiger partial charge in [-0.15, -0.1) is 0 Å². The van der Waals surface area contributed by atoms with Crippen LogP contribution in [0.3, 0.4) is 0 Å². The Balaban J connectivity index is 1.92. The Hall–Kier alpha value is -1.88. The van der Waals surface area contributed by atoms with Gasteiger partial charge in [0.2, 0.25) is 0 Å². The number of likely N-dealkylation sites (tertiary alicyclic amines) is 1. The maximum absolute atomic E-state index is 13.7. The Morgan fingerprint density at radius 2 is 2.29 bits per heavy atom. The fraction of sp³-hybridized carbons (Fsp3) is 0.438. The van der Waals surface area contributed by atoms with Crippen LogP contribution in [0.25, 0.3) is 11.0 Å². The van der Waals surface area contributed by atoms with E-state index in [1.165, 1.54) is 6.07 Å². The van der Waals surface area contributed by atoms with E-state index >= 15 is 0 Å². The lowest BCUT2D eigenvalue weighted by Crippen LogP contribution is -2.30. The molecule has 0 aliphatic carbocycles. The topological polar surface area (TPSA) is 53.7 Å². The number of carbonyl (C=O) groups is 1. The van der Waals surface area contributed by atoms with Gasteiger partial charge in [0, 0.05) is 30.0 Å². The second-order valence-electron chi connectivity index (χ2n) is 5.71. The molecule has 1 N–H and O–H groups in total. The number of aliphatic hydroxyl groups excluding tert-OH is 1. The number of halogens is 1. The first-order chi connectivity index (χ1) is 9.99. The van der Waals surface area contributed by atoms with E-state index in [4.69, 9.17) is 4.42 Å². The lowest BCUT2D eigenvalue weighted by molar-refractivity contribution is 0.0733. The van der Waals surface area contributed by atoms with Crippen LogP contribution in [-0.2, 0) is 0 Å². The van der Waals surface area contributed by atoms with E-state index < -0.39 is 11.9 Å². The zero-order chi connectivity index (χ0) is 15.1. The summed E-state index contributed by atoms with van der Waals surface area (Å²) in [5.74, 6) is -0.402. The van der Waals surface area contributed by atoms with Crippen molar-refractivity contribution in [2.75, 3.05) is 13.1 Å². The predicted molar refractivity (Wildman–Crippen MR) is 76.6 cm³/mol. The average Bonchev–Trinajstić information content (AvgIpc) is 3.05. The van der Waals surface area contributed by atoms with E-state index in [-0.39, 0.29) is 23.2 Å². The summed E-state index contributed by atoms with van der Waals surface area (Å²) in [6.07, 6.45) is 0.342. The first-order valence-electron chi connectivity index (χ1n) is 7.14. The molecular formula is C16H18FNO3. The van der Waals surface area contributed by atoms with Crippen LogP contribution < -0.4 is 0 Å². The smallest absolute Gasteiger partial charge is 0.289 e. The highest BCUT2D eigenvalue weighted by Gasteiger charge is 2.32. The molecule has 5 heteroatoms. The Labute approximate surface area is 122 Å². The molecule has 1 aliphatic rings. The number of amides is 1. The normalized spacial score (nSPS) is 20.2. The molecule has 4 nitrogen and oxygen atoms in total. The number of rotatable bonds is 2. The molecule has 1 aromatic heterocycles. The lowest BCUT2D eigenvalue weighted by atomic mass is 10.0. The summed E-state index contributed by atoms with van der Waals surface area (Å²) < 4.78 is 19.2. The lowest BCUT2D eigenvalue weighted by Gasteiger charge is -2.16. The first-order valence-corrected chi connectivity index (χ1v) is 7.14. The number of aliphatic hydroxyl groups is 1. The van der Waals surface area contributed by atoms with E-state index in [2.05, 4.69) is 0 Å². The standard InChI is InChI=1S/C16H18FNO3/c1-9-12-4-3-5-13(17)15(12)21-14(9)16(20)18-7-6-11(8-18)10(2)19/h3-5,10-11,19H,6-8H2,1-2H3. The molecule has 2 unspecified atom stereocenters. The molecule has 0 saturated carbocycles. The Morgan fingerprint density at radius 3 is 2.90 bits per heavy atom. The summed E-state index contributed by atoms with van der Waals surface area (Å²) in [5.41, 5.74) is 0.791. The van der Waals surface area contributed by atoms with Gasteiger partial charge in [0.15, 0.2) is 17.2 Å². The minimum Gasteiger partial charge on any atom is -0.448 e. The van der Waals surface area contributed by atoms with E-state index in [9.17, 15) is 14.3 Å². The summed E-state index contributed by atoms with van der Waals surface area (Å²) in [6, 6.07) is 4.67. The zero-order valence-electron chi connectivity index (χ0n) is 12.1. The minimum atomic E-state index is -0.460. The molecule has 0 radical (unpaired) electrons. The van der Waals surface area contributed by atoms with Crippen molar-refractivity contribution in [2.45, 2.75) is 26.4 Å². The second kappa shape index (κ2) is 5.15. The Bertz CT molecular complexity index is 692. The summed E-state index contributed by atoms with van der Waals surface area (Å²) in [4.78, 5) is 14.2. The molecule has 3 rings (SSSR count). The van der Waals surface area contributed by atoms with Gasteiger partial charge in [0.05, 0.1) is 6.10 Å². The number of benzene rings is 1. The Morgan fingerprint density at radius 1 is 1.52 bits per heavy atom. The average molecular weight is 291 g/mol. The van der Waals surface area contributed by atoms with Crippen molar-refractivity contribution in [3.05, 3.63) is 35.3 Å². The van der Waals surface area contributed by atoms with Crippen LogP contribution in [0.15, 0.2) is 22.6 Å². The van der Waals surface area contributed by atoms with Crippen LogP contribution in [0.4, 0.5) is 4.39 Å². The third-order valence-corrected chi connectivity index (χ3v) is 4.30. The summed E-state index contributed by atoms with van der Waals surface area (Å²) in [6.45, 7) is 4.60. The monoisotopic (exact) mass is 291 g/mol. The number of aryl methyl sites for hydroxylation is 1. The van der Waals surface area contributed by atoms with Crippen molar-refractivity contribution >= 4 is 16.9 Å². The van der Waals surface area contributed by atoms with E-state index in [0.717, 1.165) is 6.42 Å². The molecule has 1 fully saturated rings. The maximum Gasteiger partial charge on any atom is 0.289 e. The highest BCUT2D eigenvalue weighted by molar-refractivity contribution is 5.99. The number of fused-ring (bicyclic) bond motifs is 1. The van der Waals surface area contributed by atoms with Gasteiger partial charge in [-0.3, -0.25) is 4.79 Å². The molecule has 1 saturated heterocycles. The summed E-state index contributed by atoms with van der Waals surface area (Å²) in [5, 5.41) is 10.2. The highest BCUT2D eigenvalue weighted by atomic mass is 19.1. The molecule has 112 valence electrons.